The Morgan fingerprint density at radius 1 is 0.773 bits per heavy atom. The smallest absolute Gasteiger partial charge is 1.00 e. The van der Waals surface area contributed by atoms with E-state index in [1.54, 1.807) is 17.6 Å². The molecule has 0 unspecified atom stereocenters. The first-order valence-corrected chi connectivity index (χ1v) is 19.6. The second-order valence-corrected chi connectivity index (χ2v) is 22.2. The molecule has 7 rings (SSSR count). The number of rotatable bonds is 3. The number of halogens is 2. The molecule has 0 nitrogen and oxygen atoms in total. The van der Waals surface area contributed by atoms with E-state index in [-0.39, 0.29) is 41.1 Å². The van der Waals surface area contributed by atoms with Gasteiger partial charge in [0, 0.05) is 0 Å². The van der Waals surface area contributed by atoms with Crippen molar-refractivity contribution < 1.29 is 46.1 Å². The fraction of sp³-hybridized carbons (Fsp3) is 0.341. The Morgan fingerprint density at radius 3 is 1.73 bits per heavy atom. The third-order valence-electron chi connectivity index (χ3n) is 10.4. The minimum atomic E-state index is -2.55. The average Bonchev–Trinajstić information content (AvgIpc) is 3.68. The molecule has 3 aromatic rings. The van der Waals surface area contributed by atoms with Gasteiger partial charge in [-0.2, -0.15) is 0 Å². The van der Waals surface area contributed by atoms with Crippen LogP contribution in [0.5, 0.6) is 0 Å². The summed E-state index contributed by atoms with van der Waals surface area (Å²) in [4.78, 5) is 0. The Hall–Kier alpha value is -2.05. The Bertz CT molecular complexity index is 1750. The van der Waals surface area contributed by atoms with Crippen LogP contribution < -0.4 is 24.8 Å². The van der Waals surface area contributed by atoms with E-state index in [4.69, 9.17) is 0 Å². The van der Waals surface area contributed by atoms with Crippen molar-refractivity contribution in [1.29, 1.82) is 0 Å². The molecule has 0 aliphatic heterocycles. The summed E-state index contributed by atoms with van der Waals surface area (Å²) >= 11 is -2.55. The molecule has 0 spiro atoms. The van der Waals surface area contributed by atoms with Gasteiger partial charge in [-0.1, -0.05) is 0 Å². The summed E-state index contributed by atoms with van der Waals surface area (Å²) < 4.78 is 3.90. The molecule has 0 heterocycles. The maximum atomic E-state index is 2.64. The van der Waals surface area contributed by atoms with Crippen molar-refractivity contribution in [2.75, 3.05) is 0 Å². The van der Waals surface area contributed by atoms with Gasteiger partial charge < -0.3 is 24.8 Å². The van der Waals surface area contributed by atoms with Crippen molar-refractivity contribution in [3.05, 3.63) is 126 Å². The monoisotopic (exact) mass is 696 g/mol. The molecular weight excluding hydrogens is 655 g/mol. The summed E-state index contributed by atoms with van der Waals surface area (Å²) in [6, 6.07) is 19.7. The molecule has 3 aromatic carbocycles. The molecule has 0 aromatic heterocycles. The Labute approximate surface area is 285 Å². The number of benzene rings is 3. The van der Waals surface area contributed by atoms with E-state index in [0.29, 0.717) is 3.63 Å². The summed E-state index contributed by atoms with van der Waals surface area (Å²) in [6.45, 7) is 21.3. The fourth-order valence-corrected chi connectivity index (χ4v) is 16.3. The quantitative estimate of drug-likeness (QED) is 0.369. The van der Waals surface area contributed by atoms with Crippen LogP contribution in [0.1, 0.15) is 110 Å². The number of hydrogen-bond donors (Lipinski definition) is 0. The standard InChI is InChI=1S/C23H21.C9H13.C9H10.2ClH.Zr/c1-22(2)7-5-14-10-18-16(12-20(14)22)9-17-13-21-15(11-19(17)18)6-8-23(21,3)4;1-9(2,3)8-6-4-5-7-8;1-3-9-6-4-8(2)5-7-9;;;/h5-13H,1-4H3;6-7H,4H2,1-3H3;4-7H,1-2H3;2*1H;/q;;;;;+2/p-2. The molecule has 4 aliphatic rings. The zero-order valence-corrected chi connectivity index (χ0v) is 31.6. The third kappa shape index (κ3) is 5.30. The van der Waals surface area contributed by atoms with Gasteiger partial charge in [0.2, 0.25) is 0 Å². The van der Waals surface area contributed by atoms with Crippen LogP contribution in [0, 0.1) is 12.3 Å². The first-order chi connectivity index (χ1) is 19.7. The van der Waals surface area contributed by atoms with Crippen LogP contribution in [0.25, 0.3) is 23.3 Å². The second-order valence-electron chi connectivity index (χ2n) is 15.3. The van der Waals surface area contributed by atoms with Gasteiger partial charge in [0.15, 0.2) is 0 Å². The fourth-order valence-electron chi connectivity index (χ4n) is 7.69. The van der Waals surface area contributed by atoms with Gasteiger partial charge in [0.05, 0.1) is 0 Å². The van der Waals surface area contributed by atoms with Crippen LogP contribution in [0.15, 0.2) is 81.7 Å². The predicted molar refractivity (Wildman–Crippen MR) is 179 cm³/mol. The van der Waals surface area contributed by atoms with Crippen LogP contribution in [0.4, 0.5) is 0 Å². The molecule has 0 amide bonds. The number of hydrogen-bond acceptors (Lipinski definition) is 0. The van der Waals surface area contributed by atoms with Gasteiger partial charge in [-0.3, -0.25) is 0 Å². The normalized spacial score (nSPS) is 18.4. The topological polar surface area (TPSA) is 0 Å². The maximum absolute atomic E-state index is 2.64. The SMILES string of the molecule is C/[C](c1ccc(C)cc1)=[Zr+2](/[C]1=CC(C(C)(C)C)=CC1)[CH]1c2cc3c(cc2-c2cc4c(cc21)C(C)(C)C=C4)C=CC3(C)C.[Cl-].[Cl-]. The van der Waals surface area contributed by atoms with Crippen LogP contribution >= 0.6 is 0 Å². The zero-order valence-electron chi connectivity index (χ0n) is 27.6. The van der Waals surface area contributed by atoms with Crippen molar-refractivity contribution in [2.45, 2.75) is 83.2 Å². The van der Waals surface area contributed by atoms with E-state index in [9.17, 15) is 0 Å². The average molecular weight is 699 g/mol. The maximum Gasteiger partial charge on any atom is -1.00 e. The van der Waals surface area contributed by atoms with Gasteiger partial charge in [-0.25, -0.2) is 0 Å². The minimum Gasteiger partial charge on any atom is -1.00 e. The largest absolute Gasteiger partial charge is 1.00 e. The summed E-state index contributed by atoms with van der Waals surface area (Å²) in [5, 5.41) is 0. The van der Waals surface area contributed by atoms with Crippen LogP contribution in [-0.4, -0.2) is 3.21 Å². The van der Waals surface area contributed by atoms with Gasteiger partial charge >= 0.3 is 263 Å². The molecule has 0 bridgehead atoms. The van der Waals surface area contributed by atoms with Gasteiger partial charge in [-0.15, -0.1) is 0 Å². The minimum absolute atomic E-state index is 0. The van der Waals surface area contributed by atoms with E-state index < -0.39 is 21.3 Å². The van der Waals surface area contributed by atoms with E-state index in [1.807, 2.05) is 0 Å². The van der Waals surface area contributed by atoms with Crippen LogP contribution in [0.2, 0.25) is 0 Å². The van der Waals surface area contributed by atoms with Crippen molar-refractivity contribution in [3.8, 4) is 11.1 Å². The first-order valence-electron chi connectivity index (χ1n) is 15.7. The molecule has 226 valence electrons. The number of fused-ring (bicyclic) bond motifs is 5. The Balaban J connectivity index is 0.00000192. The van der Waals surface area contributed by atoms with Gasteiger partial charge in [0.1, 0.15) is 0 Å². The number of allylic oxidation sites excluding steroid dienone is 6. The van der Waals surface area contributed by atoms with E-state index in [2.05, 4.69) is 147 Å². The molecule has 3 heteroatoms. The Kier molecular flexibility index (Phi) is 8.58. The second kappa shape index (κ2) is 11.3. The van der Waals surface area contributed by atoms with Gasteiger partial charge in [0.25, 0.3) is 0 Å². The molecule has 0 fully saturated rings. The number of aryl methyl sites for hydroxylation is 1. The van der Waals surface area contributed by atoms with Gasteiger partial charge in [-0.05, 0) is 0 Å². The molecule has 0 atom stereocenters. The summed E-state index contributed by atoms with van der Waals surface area (Å²) in [6.07, 6.45) is 15.8. The molecule has 0 N–H and O–H groups in total. The molecule has 0 saturated carbocycles. The van der Waals surface area contributed by atoms with E-state index in [1.165, 1.54) is 50.1 Å². The third-order valence-corrected chi connectivity index (χ3v) is 18.6. The van der Waals surface area contributed by atoms with Crippen molar-refractivity contribution in [3.63, 3.8) is 0 Å². The predicted octanol–water partition coefficient (Wildman–Crippen LogP) is 4.80. The van der Waals surface area contributed by atoms with Crippen molar-refractivity contribution >= 4 is 15.4 Å². The van der Waals surface area contributed by atoms with Crippen molar-refractivity contribution in [1.82, 2.24) is 0 Å². The molecular formula is C41H44Cl2Zr. The molecule has 0 saturated heterocycles. The molecule has 44 heavy (non-hydrogen) atoms. The first kappa shape index (κ1) is 33.3. The van der Waals surface area contributed by atoms with Crippen LogP contribution in [0.3, 0.4) is 0 Å². The van der Waals surface area contributed by atoms with Crippen molar-refractivity contribution in [2.24, 2.45) is 5.41 Å². The molecule has 4 aliphatic carbocycles. The zero-order chi connectivity index (χ0) is 29.8. The van der Waals surface area contributed by atoms with Crippen LogP contribution in [-0.2, 0) is 32.1 Å². The van der Waals surface area contributed by atoms with E-state index in [0.717, 1.165) is 6.42 Å². The summed E-state index contributed by atoms with van der Waals surface area (Å²) in [5.74, 6) is 0. The Morgan fingerprint density at radius 2 is 1.27 bits per heavy atom. The summed E-state index contributed by atoms with van der Waals surface area (Å²) in [5.41, 5.74) is 16.6. The summed E-state index contributed by atoms with van der Waals surface area (Å²) in [7, 11) is 0. The molecule has 0 radical (unpaired) electrons. The van der Waals surface area contributed by atoms with E-state index >= 15 is 0 Å².